The summed E-state index contributed by atoms with van der Waals surface area (Å²) in [6, 6.07) is 3.74. The summed E-state index contributed by atoms with van der Waals surface area (Å²) in [5.74, 6) is -5.41. The number of aryl methyl sites for hydroxylation is 1. The summed E-state index contributed by atoms with van der Waals surface area (Å²) in [5.41, 5.74) is -2.55. The quantitative estimate of drug-likeness (QED) is 0.178. The van der Waals surface area contributed by atoms with Gasteiger partial charge in [-0.15, -0.1) is 0 Å². The van der Waals surface area contributed by atoms with Crippen molar-refractivity contribution in [1.82, 2.24) is 10.3 Å². The number of Topliss-reactive ketones (excluding diaryl/α,β-unsaturated/α-hetero) is 1. The number of nitrogens with zero attached hydrogens (tertiary/aromatic N) is 3. The van der Waals surface area contributed by atoms with E-state index in [9.17, 15) is 37.4 Å². The minimum atomic E-state index is -5.48. The molecule has 0 radical (unpaired) electrons. The van der Waals surface area contributed by atoms with E-state index in [0.717, 1.165) is 12.1 Å². The molecule has 19 heteroatoms. The smallest absolute Gasteiger partial charge is 0.408 e. The highest BCUT2D eigenvalue weighted by Crippen LogP contribution is 2.60. The van der Waals surface area contributed by atoms with Crippen molar-refractivity contribution < 1.29 is 61.7 Å². The number of piperidine rings is 1. The molecule has 1 saturated heterocycles. The highest BCUT2D eigenvalue weighted by Gasteiger charge is 2.58. The lowest BCUT2D eigenvalue weighted by Gasteiger charge is -2.34. The van der Waals surface area contributed by atoms with Crippen LogP contribution >= 0.6 is 15.2 Å². The minimum Gasteiger partial charge on any atom is -0.481 e. The number of ketones is 1. The van der Waals surface area contributed by atoms with Crippen molar-refractivity contribution in [2.75, 3.05) is 29.4 Å². The van der Waals surface area contributed by atoms with Gasteiger partial charge in [0.05, 0.1) is 11.3 Å². The minimum absolute atomic E-state index is 0.0000467. The number of rotatable bonds is 8. The SMILES string of the molecule is CCc1cc2c(nc1N1C[C@@H]3[C@H](C1)[C@H]3NC(=O)OC(P(=O)(O)O)P(=O)(O)O)N(c1ccc(F)cc1F)CC(C(=O)O)C2=O. The average molecular weight is 646 g/mol. The lowest BCUT2D eigenvalue weighted by Crippen LogP contribution is -2.42. The van der Waals surface area contributed by atoms with Gasteiger partial charge in [0.15, 0.2) is 5.78 Å². The van der Waals surface area contributed by atoms with Crippen LogP contribution in [-0.4, -0.2) is 78.8 Å². The highest BCUT2D eigenvalue weighted by molar-refractivity contribution is 7.70. The molecule has 1 aliphatic carbocycles. The van der Waals surface area contributed by atoms with E-state index in [1.54, 1.807) is 6.92 Å². The zero-order valence-electron chi connectivity index (χ0n) is 22.2. The molecule has 1 unspecified atom stereocenters. The van der Waals surface area contributed by atoms with Crippen LogP contribution in [0.4, 0.5) is 30.9 Å². The zero-order chi connectivity index (χ0) is 31.6. The number of fused-ring (bicyclic) bond motifs is 2. The number of anilines is 3. The van der Waals surface area contributed by atoms with Gasteiger partial charge in [0.1, 0.15) is 29.2 Å². The van der Waals surface area contributed by atoms with Crippen molar-refractivity contribution in [3.63, 3.8) is 0 Å². The number of halogens is 2. The van der Waals surface area contributed by atoms with Gasteiger partial charge in [-0.1, -0.05) is 6.92 Å². The van der Waals surface area contributed by atoms with Crippen LogP contribution in [0.25, 0.3) is 0 Å². The lowest BCUT2D eigenvalue weighted by atomic mass is 9.91. The van der Waals surface area contributed by atoms with Crippen molar-refractivity contribution >= 4 is 50.4 Å². The van der Waals surface area contributed by atoms with E-state index in [2.05, 4.69) is 15.0 Å². The molecule has 3 aliphatic rings. The number of carbonyl (C=O) groups is 3. The van der Waals surface area contributed by atoms with E-state index in [0.29, 0.717) is 37.0 Å². The number of amides is 1. The van der Waals surface area contributed by atoms with Gasteiger partial charge < -0.3 is 44.5 Å². The number of benzene rings is 1. The van der Waals surface area contributed by atoms with Crippen LogP contribution in [0.15, 0.2) is 24.3 Å². The second-order valence-electron chi connectivity index (χ2n) is 10.5. The van der Waals surface area contributed by atoms with Gasteiger partial charge in [-0.05, 0) is 30.2 Å². The Hall–Kier alpha value is -3.46. The van der Waals surface area contributed by atoms with Crippen molar-refractivity contribution in [2.45, 2.75) is 25.0 Å². The van der Waals surface area contributed by atoms with Gasteiger partial charge >= 0.3 is 32.8 Å². The highest BCUT2D eigenvalue weighted by atomic mass is 31.2. The van der Waals surface area contributed by atoms with E-state index < -0.39 is 68.8 Å². The molecule has 4 atom stereocenters. The predicted octanol–water partition coefficient (Wildman–Crippen LogP) is 1.76. The van der Waals surface area contributed by atoms with Gasteiger partial charge in [0.25, 0.3) is 0 Å². The van der Waals surface area contributed by atoms with E-state index in [1.165, 1.54) is 11.0 Å². The number of aromatic nitrogens is 1. The molecule has 1 amide bonds. The Morgan fingerprint density at radius 3 is 2.23 bits per heavy atom. The van der Waals surface area contributed by atoms with Crippen LogP contribution in [0.3, 0.4) is 0 Å². The summed E-state index contributed by atoms with van der Waals surface area (Å²) >= 11 is 0. The first-order valence-electron chi connectivity index (χ1n) is 12.9. The van der Waals surface area contributed by atoms with Gasteiger partial charge in [-0.3, -0.25) is 18.7 Å². The summed E-state index contributed by atoms with van der Waals surface area (Å²) in [5, 5.41) is 12.0. The molecule has 1 aromatic heterocycles. The van der Waals surface area contributed by atoms with E-state index in [4.69, 9.17) is 19.6 Å². The molecule has 1 aromatic carbocycles. The summed E-state index contributed by atoms with van der Waals surface area (Å²) < 4.78 is 55.6. The molecule has 5 rings (SSSR count). The van der Waals surface area contributed by atoms with Crippen molar-refractivity contribution in [3.8, 4) is 0 Å². The number of ether oxygens (including phenoxy) is 1. The largest absolute Gasteiger partial charge is 0.481 e. The number of carboxylic acid groups (broad SMARTS) is 1. The fourth-order valence-corrected chi connectivity index (χ4v) is 7.65. The maximum atomic E-state index is 14.8. The first kappa shape index (κ1) is 31.0. The Balaban J connectivity index is 1.38. The molecular formula is C24H26F2N4O11P2. The maximum Gasteiger partial charge on any atom is 0.408 e. The fraction of sp³-hybridized carbons (Fsp3) is 0.417. The van der Waals surface area contributed by atoms with Gasteiger partial charge in [0.2, 0.25) is 0 Å². The second-order valence-corrected chi connectivity index (χ2v) is 14.2. The second kappa shape index (κ2) is 10.9. The molecule has 43 heavy (non-hydrogen) atoms. The third-order valence-corrected chi connectivity index (χ3v) is 10.9. The maximum absolute atomic E-state index is 14.8. The number of carbonyl (C=O) groups excluding carboxylic acids is 2. The molecule has 0 bridgehead atoms. The van der Waals surface area contributed by atoms with Crippen LogP contribution in [0, 0.1) is 29.4 Å². The van der Waals surface area contributed by atoms with E-state index >= 15 is 0 Å². The first-order chi connectivity index (χ1) is 20.0. The molecule has 232 valence electrons. The third kappa shape index (κ3) is 5.88. The third-order valence-electron chi connectivity index (χ3n) is 7.71. The van der Waals surface area contributed by atoms with Crippen LogP contribution in [0.5, 0.6) is 0 Å². The fourth-order valence-electron chi connectivity index (χ4n) is 5.61. The van der Waals surface area contributed by atoms with Gasteiger partial charge in [0, 0.05) is 43.6 Å². The number of pyridine rings is 1. The van der Waals surface area contributed by atoms with Crippen LogP contribution in [0.2, 0.25) is 0 Å². The first-order valence-corrected chi connectivity index (χ1v) is 16.2. The zero-order valence-corrected chi connectivity index (χ0v) is 24.0. The Bertz CT molecular complexity index is 1580. The molecule has 2 aliphatic heterocycles. The molecular weight excluding hydrogens is 620 g/mol. The summed E-state index contributed by atoms with van der Waals surface area (Å²) in [4.78, 5) is 81.5. The van der Waals surface area contributed by atoms with Crippen molar-refractivity contribution in [3.05, 3.63) is 47.0 Å². The van der Waals surface area contributed by atoms with E-state index in [1.807, 2.05) is 4.90 Å². The number of carboxylic acids is 1. The van der Waals surface area contributed by atoms with Gasteiger partial charge in [-0.2, -0.15) is 0 Å². The van der Waals surface area contributed by atoms with Gasteiger partial charge in [-0.25, -0.2) is 18.6 Å². The number of nitrogens with one attached hydrogen (secondary N) is 1. The topological polar surface area (TPSA) is 227 Å². The monoisotopic (exact) mass is 646 g/mol. The number of hydrogen-bond acceptors (Lipinski definition) is 9. The number of aliphatic carboxylic acids is 1. The van der Waals surface area contributed by atoms with Crippen LogP contribution < -0.4 is 15.1 Å². The summed E-state index contributed by atoms with van der Waals surface area (Å²) in [6.07, 6.45) is -1.02. The lowest BCUT2D eigenvalue weighted by molar-refractivity contribution is -0.139. The Labute approximate surface area is 241 Å². The molecule has 0 spiro atoms. The average Bonchev–Trinajstić information content (AvgIpc) is 3.32. The van der Waals surface area contributed by atoms with E-state index in [-0.39, 0.29) is 28.9 Å². The Kier molecular flexibility index (Phi) is 7.86. The number of hydrogen-bond donors (Lipinski definition) is 6. The molecule has 6 N–H and O–H groups in total. The summed E-state index contributed by atoms with van der Waals surface area (Å²) in [7, 11) is -11.0. The summed E-state index contributed by atoms with van der Waals surface area (Å²) in [6.45, 7) is 1.98. The Morgan fingerprint density at radius 2 is 1.70 bits per heavy atom. The van der Waals surface area contributed by atoms with Crippen LogP contribution in [0.1, 0.15) is 22.8 Å². The predicted molar refractivity (Wildman–Crippen MR) is 143 cm³/mol. The van der Waals surface area contributed by atoms with Crippen LogP contribution in [-0.2, 0) is 25.1 Å². The number of alkyl carbamates (subject to hydrolysis) is 1. The molecule has 2 fully saturated rings. The van der Waals surface area contributed by atoms with Crippen molar-refractivity contribution in [1.29, 1.82) is 0 Å². The normalized spacial score (nSPS) is 23.2. The Morgan fingerprint density at radius 1 is 1.07 bits per heavy atom. The molecule has 1 saturated carbocycles. The standard InChI is InChI=1S/C24H26F2N4O11P2/c1-2-10-5-12-19(31)15(22(32)33)9-30(17-4-3-11(25)6-16(17)26)21(12)28-20(10)29-7-13-14(8-29)18(13)27-23(34)41-24(42(35,36)37)43(38,39)40/h3-6,13-15,18,24H,2,7-9H2,1H3,(H,27,34)(H,32,33)(H2,35,36,37)(H2,38,39,40)/t13-,14+,15?,18+. The molecule has 15 nitrogen and oxygen atoms in total. The molecule has 2 aromatic rings. The molecule has 3 heterocycles. The van der Waals surface area contributed by atoms with Crippen molar-refractivity contribution in [2.24, 2.45) is 17.8 Å².